The smallest absolute Gasteiger partial charge is 0.329 e. The van der Waals surface area contributed by atoms with Gasteiger partial charge in [-0.3, -0.25) is 4.79 Å². The topological polar surface area (TPSA) is 68.5 Å². The zero-order valence-corrected chi connectivity index (χ0v) is 15.2. The third-order valence-electron chi connectivity index (χ3n) is 3.95. The van der Waals surface area contributed by atoms with E-state index in [1.807, 2.05) is 36.4 Å². The lowest BCUT2D eigenvalue weighted by Gasteiger charge is -2.17. The number of benzene rings is 2. The van der Waals surface area contributed by atoms with Crippen molar-refractivity contribution in [1.82, 2.24) is 5.32 Å². The van der Waals surface area contributed by atoms with Gasteiger partial charge < -0.3 is 14.5 Å². The quantitative estimate of drug-likeness (QED) is 0.626. The Kier molecular flexibility index (Phi) is 6.28. The Balaban J connectivity index is 1.70. The molecule has 0 spiro atoms. The molecule has 3 aromatic rings. The Bertz CT molecular complexity index is 894. The summed E-state index contributed by atoms with van der Waals surface area (Å²) < 4.78 is 10.5. The van der Waals surface area contributed by atoms with Gasteiger partial charge in [-0.15, -0.1) is 0 Å². The fourth-order valence-electron chi connectivity index (χ4n) is 2.55. The number of esters is 1. The number of furan rings is 1. The summed E-state index contributed by atoms with van der Waals surface area (Å²) in [6.07, 6.45) is 1.70. The van der Waals surface area contributed by atoms with Gasteiger partial charge in [-0.2, -0.15) is 0 Å². The van der Waals surface area contributed by atoms with E-state index in [9.17, 15) is 9.59 Å². The van der Waals surface area contributed by atoms with Gasteiger partial charge in [0.05, 0.1) is 6.26 Å². The van der Waals surface area contributed by atoms with Crippen LogP contribution in [-0.4, -0.2) is 17.9 Å². The van der Waals surface area contributed by atoms with Crippen LogP contribution in [0.4, 0.5) is 0 Å². The van der Waals surface area contributed by atoms with Gasteiger partial charge in [0.2, 0.25) is 0 Å². The van der Waals surface area contributed by atoms with E-state index in [1.165, 1.54) is 12.3 Å². The van der Waals surface area contributed by atoms with Crippen LogP contribution in [0.5, 0.6) is 0 Å². The molecular weight excluding hydrogens is 366 g/mol. The lowest BCUT2D eigenvalue weighted by atomic mass is 10.1. The van der Waals surface area contributed by atoms with Crippen molar-refractivity contribution in [3.63, 3.8) is 0 Å². The highest BCUT2D eigenvalue weighted by atomic mass is 35.5. The molecule has 3 rings (SSSR count). The second-order valence-corrected chi connectivity index (χ2v) is 6.30. The number of ether oxygens (including phenoxy) is 1. The summed E-state index contributed by atoms with van der Waals surface area (Å²) in [6.45, 7) is 0.0282. The van der Waals surface area contributed by atoms with Gasteiger partial charge in [0, 0.05) is 17.0 Å². The molecule has 0 saturated carbocycles. The first-order valence-electron chi connectivity index (χ1n) is 8.42. The highest BCUT2D eigenvalue weighted by Gasteiger charge is 2.24. The molecule has 0 bridgehead atoms. The third kappa shape index (κ3) is 5.21. The van der Waals surface area contributed by atoms with Crippen LogP contribution in [0.2, 0.25) is 5.02 Å². The maximum atomic E-state index is 12.6. The molecule has 0 aliphatic carbocycles. The number of hydrogen-bond acceptors (Lipinski definition) is 4. The van der Waals surface area contributed by atoms with Crippen LogP contribution < -0.4 is 5.32 Å². The number of amides is 1. The Morgan fingerprint density at radius 3 is 2.44 bits per heavy atom. The number of halogens is 1. The molecule has 1 unspecified atom stereocenters. The van der Waals surface area contributed by atoms with Crippen molar-refractivity contribution in [2.45, 2.75) is 19.1 Å². The van der Waals surface area contributed by atoms with Gasteiger partial charge in [0.25, 0.3) is 5.91 Å². The van der Waals surface area contributed by atoms with Gasteiger partial charge in [0.15, 0.2) is 5.76 Å². The molecule has 1 N–H and O–H groups in total. The molecule has 138 valence electrons. The summed E-state index contributed by atoms with van der Waals surface area (Å²) in [6, 6.07) is 18.8. The molecule has 1 aromatic heterocycles. The van der Waals surface area contributed by atoms with Crippen molar-refractivity contribution in [2.24, 2.45) is 0 Å². The summed E-state index contributed by atoms with van der Waals surface area (Å²) in [5, 5.41) is 3.20. The molecule has 0 radical (unpaired) electrons. The SMILES string of the molecule is O=C(NC(Cc1ccccc1)C(=O)OCc1ccccc1Cl)c1ccco1. The minimum Gasteiger partial charge on any atom is -0.459 e. The second kappa shape index (κ2) is 9.05. The molecule has 1 atom stereocenters. The predicted octanol–water partition coefficient (Wildman–Crippen LogP) is 4.02. The highest BCUT2D eigenvalue weighted by molar-refractivity contribution is 6.31. The van der Waals surface area contributed by atoms with Gasteiger partial charge in [-0.05, 0) is 23.8 Å². The Labute approximate surface area is 161 Å². The number of rotatable bonds is 7. The largest absolute Gasteiger partial charge is 0.459 e. The van der Waals surface area contributed by atoms with E-state index in [4.69, 9.17) is 20.8 Å². The van der Waals surface area contributed by atoms with E-state index in [0.717, 1.165) is 5.56 Å². The molecule has 2 aromatic carbocycles. The van der Waals surface area contributed by atoms with E-state index < -0.39 is 17.9 Å². The average molecular weight is 384 g/mol. The Morgan fingerprint density at radius 2 is 1.74 bits per heavy atom. The lowest BCUT2D eigenvalue weighted by Crippen LogP contribution is -2.43. The summed E-state index contributed by atoms with van der Waals surface area (Å²) in [4.78, 5) is 24.9. The number of carbonyl (C=O) groups excluding carboxylic acids is 2. The molecule has 6 heteroatoms. The summed E-state index contributed by atoms with van der Waals surface area (Å²) in [5.74, 6) is -0.888. The fourth-order valence-corrected chi connectivity index (χ4v) is 2.74. The fraction of sp³-hybridized carbons (Fsp3) is 0.143. The minimum atomic E-state index is -0.854. The van der Waals surface area contributed by atoms with Gasteiger partial charge in [0.1, 0.15) is 12.6 Å². The monoisotopic (exact) mass is 383 g/mol. The van der Waals surface area contributed by atoms with Gasteiger partial charge >= 0.3 is 5.97 Å². The van der Waals surface area contributed by atoms with Gasteiger partial charge in [-0.25, -0.2) is 4.79 Å². The lowest BCUT2D eigenvalue weighted by molar-refractivity contribution is -0.147. The molecule has 1 heterocycles. The van der Waals surface area contributed by atoms with Crippen molar-refractivity contribution in [2.75, 3.05) is 0 Å². The van der Waals surface area contributed by atoms with Crippen LogP contribution in [0.3, 0.4) is 0 Å². The minimum absolute atomic E-state index is 0.0282. The summed E-state index contributed by atoms with van der Waals surface area (Å²) in [5.41, 5.74) is 1.60. The van der Waals surface area contributed by atoms with Crippen LogP contribution in [0.1, 0.15) is 21.7 Å². The Hall–Kier alpha value is -3.05. The molecule has 27 heavy (non-hydrogen) atoms. The standard InChI is InChI=1S/C21H18ClNO4/c22-17-10-5-4-9-16(17)14-27-21(25)18(13-15-7-2-1-3-8-15)23-20(24)19-11-6-12-26-19/h1-12,18H,13-14H2,(H,23,24). The van der Waals surface area contributed by atoms with E-state index in [2.05, 4.69) is 5.32 Å². The Morgan fingerprint density at radius 1 is 1.00 bits per heavy atom. The molecule has 5 nitrogen and oxygen atoms in total. The average Bonchev–Trinajstić information content (AvgIpc) is 3.22. The van der Waals surface area contributed by atoms with Gasteiger partial charge in [-0.1, -0.05) is 60.1 Å². The van der Waals surface area contributed by atoms with Crippen LogP contribution in [-0.2, 0) is 22.6 Å². The van der Waals surface area contributed by atoms with Crippen LogP contribution in [0.15, 0.2) is 77.4 Å². The number of carbonyl (C=O) groups is 2. The zero-order chi connectivity index (χ0) is 19.1. The van der Waals surface area contributed by atoms with E-state index in [-0.39, 0.29) is 12.4 Å². The van der Waals surface area contributed by atoms with Crippen LogP contribution in [0, 0.1) is 0 Å². The van der Waals surface area contributed by atoms with Crippen molar-refractivity contribution in [3.8, 4) is 0 Å². The van der Waals surface area contributed by atoms with E-state index >= 15 is 0 Å². The summed E-state index contributed by atoms with van der Waals surface area (Å²) >= 11 is 6.10. The number of nitrogens with one attached hydrogen (secondary N) is 1. The normalized spacial score (nSPS) is 11.6. The van der Waals surface area contributed by atoms with E-state index in [1.54, 1.807) is 24.3 Å². The predicted molar refractivity (Wildman–Crippen MR) is 101 cm³/mol. The molecule has 0 aliphatic rings. The third-order valence-corrected chi connectivity index (χ3v) is 4.31. The van der Waals surface area contributed by atoms with Crippen molar-refractivity contribution in [3.05, 3.63) is 94.9 Å². The second-order valence-electron chi connectivity index (χ2n) is 5.89. The van der Waals surface area contributed by atoms with Crippen LogP contribution >= 0.6 is 11.6 Å². The zero-order valence-electron chi connectivity index (χ0n) is 14.4. The maximum Gasteiger partial charge on any atom is 0.329 e. The molecule has 0 saturated heterocycles. The molecule has 0 aliphatic heterocycles. The molecule has 1 amide bonds. The first kappa shape index (κ1) is 18.7. The van der Waals surface area contributed by atoms with E-state index in [0.29, 0.717) is 17.0 Å². The first-order valence-corrected chi connectivity index (χ1v) is 8.79. The molecular formula is C21H18ClNO4. The van der Waals surface area contributed by atoms with Crippen molar-refractivity contribution >= 4 is 23.5 Å². The van der Waals surface area contributed by atoms with Crippen LogP contribution in [0.25, 0.3) is 0 Å². The van der Waals surface area contributed by atoms with Crippen molar-refractivity contribution in [1.29, 1.82) is 0 Å². The molecule has 0 fully saturated rings. The highest BCUT2D eigenvalue weighted by Crippen LogP contribution is 2.16. The number of hydrogen-bond donors (Lipinski definition) is 1. The van der Waals surface area contributed by atoms with Crippen molar-refractivity contribution < 1.29 is 18.7 Å². The maximum absolute atomic E-state index is 12.6. The summed E-state index contributed by atoms with van der Waals surface area (Å²) in [7, 11) is 0. The first-order chi connectivity index (χ1) is 13.1.